The molecule has 0 heteroatoms. The van der Waals surface area contributed by atoms with Crippen LogP contribution in [0.2, 0.25) is 0 Å². The van der Waals surface area contributed by atoms with Crippen molar-refractivity contribution in [2.24, 2.45) is 11.8 Å². The van der Waals surface area contributed by atoms with E-state index in [1.807, 2.05) is 6.08 Å². The van der Waals surface area contributed by atoms with Crippen LogP contribution in [0.4, 0.5) is 0 Å². The molecule has 2 aromatic carbocycles. The van der Waals surface area contributed by atoms with Crippen molar-refractivity contribution >= 4 is 5.57 Å². The quantitative estimate of drug-likeness (QED) is 0.190. The molecule has 0 radical (unpaired) electrons. The fourth-order valence-electron chi connectivity index (χ4n) is 5.35. The molecule has 0 fully saturated rings. The molecule has 0 nitrogen and oxygen atoms in total. The van der Waals surface area contributed by atoms with Gasteiger partial charge in [-0.25, -0.2) is 0 Å². The Morgan fingerprint density at radius 1 is 0.914 bits per heavy atom. The molecule has 0 amide bonds. The Hall–Kier alpha value is -2.34. The van der Waals surface area contributed by atoms with E-state index in [1.54, 1.807) is 0 Å². The Morgan fingerprint density at radius 2 is 1.60 bits per heavy atom. The molecule has 2 aromatic rings. The van der Waals surface area contributed by atoms with Crippen molar-refractivity contribution in [3.63, 3.8) is 0 Å². The third kappa shape index (κ3) is 8.09. The van der Waals surface area contributed by atoms with Crippen LogP contribution in [0.15, 0.2) is 67.3 Å². The van der Waals surface area contributed by atoms with E-state index < -0.39 is 0 Å². The minimum Gasteiger partial charge on any atom is -0.102 e. The van der Waals surface area contributed by atoms with Crippen LogP contribution in [0.1, 0.15) is 106 Å². The molecule has 35 heavy (non-hydrogen) atoms. The number of unbranched alkanes of at least 4 members (excludes halogenated alkanes) is 1. The molecule has 0 aromatic heterocycles. The topological polar surface area (TPSA) is 0 Å². The molecular weight excluding hydrogens is 420 g/mol. The summed E-state index contributed by atoms with van der Waals surface area (Å²) in [6, 6.07) is 14.0. The molecule has 190 valence electrons. The van der Waals surface area contributed by atoms with Gasteiger partial charge in [-0.1, -0.05) is 108 Å². The maximum absolute atomic E-state index is 4.52. The molecule has 2 rings (SSSR count). The van der Waals surface area contributed by atoms with Gasteiger partial charge < -0.3 is 0 Å². The highest BCUT2D eigenvalue weighted by Crippen LogP contribution is 2.34. The Balaban J connectivity index is 2.13. The minimum absolute atomic E-state index is 0.319. The summed E-state index contributed by atoms with van der Waals surface area (Å²) >= 11 is 0. The number of benzene rings is 2. The van der Waals surface area contributed by atoms with Crippen molar-refractivity contribution in [1.29, 1.82) is 0 Å². The van der Waals surface area contributed by atoms with E-state index >= 15 is 0 Å². The Bertz CT molecular complexity index is 985. The monoisotopic (exact) mass is 470 g/mol. The van der Waals surface area contributed by atoms with Gasteiger partial charge in [0.2, 0.25) is 0 Å². The van der Waals surface area contributed by atoms with Crippen molar-refractivity contribution in [2.75, 3.05) is 0 Å². The average Bonchev–Trinajstić information content (AvgIpc) is 2.85. The van der Waals surface area contributed by atoms with Gasteiger partial charge >= 0.3 is 0 Å². The van der Waals surface area contributed by atoms with Crippen LogP contribution in [0.5, 0.6) is 0 Å². The molecule has 0 saturated heterocycles. The second-order valence-electron chi connectivity index (χ2n) is 10.7. The van der Waals surface area contributed by atoms with Gasteiger partial charge in [0.15, 0.2) is 0 Å². The molecule has 0 aliphatic heterocycles. The van der Waals surface area contributed by atoms with Gasteiger partial charge in [0.1, 0.15) is 0 Å². The summed E-state index contributed by atoms with van der Waals surface area (Å²) in [6.45, 7) is 24.5. The maximum Gasteiger partial charge on any atom is -0.00103 e. The van der Waals surface area contributed by atoms with E-state index in [4.69, 9.17) is 0 Å². The Labute approximate surface area is 217 Å². The first-order chi connectivity index (χ1) is 16.7. The highest BCUT2D eigenvalue weighted by molar-refractivity contribution is 5.80. The number of hydrogen-bond acceptors (Lipinski definition) is 0. The summed E-state index contributed by atoms with van der Waals surface area (Å²) in [7, 11) is 0. The van der Waals surface area contributed by atoms with Crippen LogP contribution in [0.3, 0.4) is 0 Å². The van der Waals surface area contributed by atoms with Crippen LogP contribution in [-0.2, 0) is 6.42 Å². The zero-order valence-electron chi connectivity index (χ0n) is 23.7. The van der Waals surface area contributed by atoms with Crippen LogP contribution in [-0.4, -0.2) is 0 Å². The molecule has 0 aliphatic rings. The molecule has 0 bridgehead atoms. The number of rotatable bonds is 14. The predicted molar refractivity (Wildman–Crippen MR) is 158 cm³/mol. The molecule has 0 spiro atoms. The van der Waals surface area contributed by atoms with Gasteiger partial charge in [-0.2, -0.15) is 0 Å². The zero-order chi connectivity index (χ0) is 26.0. The minimum atomic E-state index is 0.319. The highest BCUT2D eigenvalue weighted by Gasteiger charge is 2.19. The van der Waals surface area contributed by atoms with Gasteiger partial charge in [0, 0.05) is 0 Å². The lowest BCUT2D eigenvalue weighted by Crippen LogP contribution is -2.11. The second kappa shape index (κ2) is 14.3. The summed E-state index contributed by atoms with van der Waals surface area (Å²) in [5.74, 6) is 1.68. The van der Waals surface area contributed by atoms with Gasteiger partial charge in [-0.3, -0.25) is 0 Å². The molecule has 3 atom stereocenters. The first kappa shape index (κ1) is 28.9. The molecule has 0 N–H and O–H groups in total. The van der Waals surface area contributed by atoms with Crippen molar-refractivity contribution in [3.05, 3.63) is 101 Å². The Kier molecular flexibility index (Phi) is 11.8. The van der Waals surface area contributed by atoms with Crippen molar-refractivity contribution in [3.8, 4) is 0 Å². The van der Waals surface area contributed by atoms with E-state index in [9.17, 15) is 0 Å². The number of hydrogen-bond donors (Lipinski definition) is 0. The van der Waals surface area contributed by atoms with E-state index in [0.29, 0.717) is 11.8 Å². The van der Waals surface area contributed by atoms with Crippen LogP contribution >= 0.6 is 0 Å². The molecule has 3 unspecified atom stereocenters. The summed E-state index contributed by atoms with van der Waals surface area (Å²) in [6.07, 6.45) is 12.9. The Morgan fingerprint density at radius 3 is 2.20 bits per heavy atom. The lowest BCUT2D eigenvalue weighted by molar-refractivity contribution is 0.373. The summed E-state index contributed by atoms with van der Waals surface area (Å²) < 4.78 is 0. The van der Waals surface area contributed by atoms with E-state index in [1.165, 1.54) is 64.6 Å². The van der Waals surface area contributed by atoms with Gasteiger partial charge in [-0.05, 0) is 103 Å². The molecule has 0 heterocycles. The van der Waals surface area contributed by atoms with Gasteiger partial charge in [0.25, 0.3) is 0 Å². The number of aryl methyl sites for hydroxylation is 4. The van der Waals surface area contributed by atoms with Crippen molar-refractivity contribution < 1.29 is 0 Å². The van der Waals surface area contributed by atoms with Crippen molar-refractivity contribution in [2.45, 2.75) is 99.3 Å². The normalized spacial score (nSPS) is 14.4. The third-order valence-electron chi connectivity index (χ3n) is 7.84. The maximum atomic E-state index is 4.52. The summed E-state index contributed by atoms with van der Waals surface area (Å²) in [5.41, 5.74) is 10.8. The molecule has 0 saturated carbocycles. The molecular formula is C35H50. The van der Waals surface area contributed by atoms with Crippen LogP contribution in [0, 0.1) is 32.6 Å². The largest absolute Gasteiger partial charge is 0.102 e. The van der Waals surface area contributed by atoms with E-state index in [2.05, 4.69) is 104 Å². The first-order valence-corrected chi connectivity index (χ1v) is 13.9. The summed E-state index contributed by atoms with van der Waals surface area (Å²) in [5, 5.41) is 0. The van der Waals surface area contributed by atoms with Gasteiger partial charge in [-0.15, -0.1) is 6.58 Å². The highest BCUT2D eigenvalue weighted by atomic mass is 14.2. The fraction of sp³-hybridized carbons (Fsp3) is 0.486. The third-order valence-corrected chi connectivity index (χ3v) is 7.84. The predicted octanol–water partition coefficient (Wildman–Crippen LogP) is 10.7. The zero-order valence-corrected chi connectivity index (χ0v) is 23.7. The first-order valence-electron chi connectivity index (χ1n) is 13.9. The van der Waals surface area contributed by atoms with Gasteiger partial charge in [0.05, 0.1) is 0 Å². The van der Waals surface area contributed by atoms with Crippen molar-refractivity contribution in [1.82, 2.24) is 0 Å². The lowest BCUT2D eigenvalue weighted by atomic mass is 9.80. The second-order valence-corrected chi connectivity index (χ2v) is 10.7. The standard InChI is InChI=1S/C35H50/c1-10-13-18-34(26(5)12-3)30(9)35-24-27(6)33(23-28(35)7)17-14-16-31(15-11-2)29(8)32-21-19-25(4)20-22-32/h12,18-24,26,29,31H,3,9-11,13-17H2,1-2,4-8H3. The SMILES string of the molecule is C=CC(C)C(=CCCC)C(=C)c1cc(C)c(CCCC(CCC)C(C)c2ccc(C)cc2)cc1C. The molecule has 0 aliphatic carbocycles. The number of allylic oxidation sites excluding steroid dienone is 4. The van der Waals surface area contributed by atoms with E-state index in [0.717, 1.165) is 30.8 Å². The fourth-order valence-corrected chi connectivity index (χ4v) is 5.35. The summed E-state index contributed by atoms with van der Waals surface area (Å²) in [4.78, 5) is 0. The van der Waals surface area contributed by atoms with Crippen LogP contribution in [0.25, 0.3) is 5.57 Å². The average molecular weight is 471 g/mol. The van der Waals surface area contributed by atoms with E-state index in [-0.39, 0.29) is 0 Å². The van der Waals surface area contributed by atoms with Crippen LogP contribution < -0.4 is 0 Å². The lowest BCUT2D eigenvalue weighted by Gasteiger charge is -2.25. The smallest absolute Gasteiger partial charge is 0.00103 e.